The van der Waals surface area contributed by atoms with E-state index in [4.69, 9.17) is 25.5 Å². The van der Waals surface area contributed by atoms with E-state index in [2.05, 4.69) is 14.8 Å². The predicted octanol–water partition coefficient (Wildman–Crippen LogP) is 6.02. The van der Waals surface area contributed by atoms with E-state index in [1.807, 2.05) is 19.2 Å². The summed E-state index contributed by atoms with van der Waals surface area (Å²) in [5.74, 6) is -0.921. The molecule has 46 heavy (non-hydrogen) atoms. The van der Waals surface area contributed by atoms with E-state index < -0.39 is 17.5 Å². The number of halogens is 3. The van der Waals surface area contributed by atoms with Gasteiger partial charge in [0.1, 0.15) is 34.3 Å². The molecule has 2 atom stereocenters. The molecule has 10 nitrogen and oxygen atoms in total. The van der Waals surface area contributed by atoms with Gasteiger partial charge in [0.05, 0.1) is 18.1 Å². The molecule has 13 heteroatoms. The van der Waals surface area contributed by atoms with Gasteiger partial charge in [-0.1, -0.05) is 23.7 Å². The number of likely N-dealkylation sites (tertiary alicyclic amines) is 1. The van der Waals surface area contributed by atoms with Crippen molar-refractivity contribution >= 4 is 59.0 Å². The minimum Gasteiger partial charge on any atom is -0.507 e. The second-order valence-electron chi connectivity index (χ2n) is 11.4. The van der Waals surface area contributed by atoms with Crippen LogP contribution in [0.2, 0.25) is 5.02 Å². The van der Waals surface area contributed by atoms with Crippen LogP contribution in [0.5, 0.6) is 17.4 Å². The van der Waals surface area contributed by atoms with Crippen LogP contribution in [-0.4, -0.2) is 72.5 Å². The fraction of sp³-hybridized carbons (Fsp3) is 0.364. The van der Waals surface area contributed by atoms with E-state index in [9.17, 15) is 19.8 Å². The van der Waals surface area contributed by atoms with E-state index in [1.54, 1.807) is 37.6 Å². The summed E-state index contributed by atoms with van der Waals surface area (Å²) in [5, 5.41) is 22.2. The second-order valence-corrected chi connectivity index (χ2v) is 11.8. The smallest absolute Gasteiger partial charge is 0.309 e. The van der Waals surface area contributed by atoms with Crippen molar-refractivity contribution in [2.45, 2.75) is 31.3 Å². The minimum atomic E-state index is -0.614. The lowest BCUT2D eigenvalue weighted by Gasteiger charge is -2.38. The summed E-state index contributed by atoms with van der Waals surface area (Å²) in [5.41, 5.74) is 1.41. The molecule has 2 aliphatic heterocycles. The summed E-state index contributed by atoms with van der Waals surface area (Å²) in [4.78, 5) is 35.3. The first kappa shape index (κ1) is 35.2. The lowest BCUT2D eigenvalue weighted by atomic mass is 9.85. The van der Waals surface area contributed by atoms with Crippen LogP contribution in [0.3, 0.4) is 0 Å². The number of benzene rings is 2. The Morgan fingerprint density at radius 3 is 2.48 bits per heavy atom. The highest BCUT2D eigenvalue weighted by molar-refractivity contribution is 6.33. The van der Waals surface area contributed by atoms with Gasteiger partial charge in [0.25, 0.3) is 0 Å². The normalized spacial score (nSPS) is 18.8. The van der Waals surface area contributed by atoms with E-state index in [1.165, 1.54) is 6.07 Å². The number of aromatic hydroxyl groups is 2. The first-order chi connectivity index (χ1) is 21.2. The van der Waals surface area contributed by atoms with Gasteiger partial charge < -0.3 is 33.9 Å². The Morgan fingerprint density at radius 1 is 1.02 bits per heavy atom. The van der Waals surface area contributed by atoms with Gasteiger partial charge in [-0.25, -0.2) is 4.98 Å². The van der Waals surface area contributed by atoms with Crippen molar-refractivity contribution in [1.82, 2.24) is 9.88 Å². The molecule has 2 N–H and O–H groups in total. The Morgan fingerprint density at radius 2 is 1.76 bits per heavy atom. The van der Waals surface area contributed by atoms with Crippen LogP contribution in [0.15, 0.2) is 63.9 Å². The average Bonchev–Trinajstić information content (AvgIpc) is 3.02. The Balaban J connectivity index is 0.00000240. The molecule has 0 radical (unpaired) electrons. The van der Waals surface area contributed by atoms with Crippen LogP contribution < -0.4 is 15.1 Å². The third-order valence-electron chi connectivity index (χ3n) is 8.66. The Bertz CT molecular complexity index is 1760. The Labute approximate surface area is 283 Å². The van der Waals surface area contributed by atoms with Crippen molar-refractivity contribution < 1.29 is 28.9 Å². The number of methoxy groups -OCH3 is 1. The van der Waals surface area contributed by atoms with E-state index in [0.717, 1.165) is 11.8 Å². The maximum Gasteiger partial charge on any atom is 0.309 e. The highest BCUT2D eigenvalue weighted by Crippen LogP contribution is 2.44. The topological polar surface area (TPSA) is 126 Å². The number of hydrogen-bond acceptors (Lipinski definition) is 10. The zero-order valence-corrected chi connectivity index (χ0v) is 27.7. The number of esters is 1. The number of aromatic nitrogens is 1. The molecular formula is C33H36Cl3N3O7. The number of anilines is 1. The van der Waals surface area contributed by atoms with Crippen LogP contribution in [0.25, 0.3) is 22.3 Å². The molecule has 0 saturated carbocycles. The largest absolute Gasteiger partial charge is 0.507 e. The van der Waals surface area contributed by atoms with Crippen LogP contribution in [0.4, 0.5) is 5.69 Å². The fourth-order valence-electron chi connectivity index (χ4n) is 6.32. The molecule has 4 heterocycles. The number of phenols is 2. The lowest BCUT2D eigenvalue weighted by molar-refractivity contribution is -0.158. The van der Waals surface area contributed by atoms with E-state index >= 15 is 0 Å². The Hall–Kier alpha value is -3.70. The molecule has 0 spiro atoms. The minimum absolute atomic E-state index is 0. The zero-order chi connectivity index (χ0) is 31.0. The summed E-state index contributed by atoms with van der Waals surface area (Å²) in [6.07, 6.45) is 2.87. The maximum atomic E-state index is 13.5. The van der Waals surface area contributed by atoms with Gasteiger partial charge in [0.15, 0.2) is 5.43 Å². The fourth-order valence-corrected chi connectivity index (χ4v) is 6.55. The monoisotopic (exact) mass is 691 g/mol. The molecule has 2 aromatic carbocycles. The highest BCUT2D eigenvalue weighted by Gasteiger charge is 2.38. The summed E-state index contributed by atoms with van der Waals surface area (Å²) in [7, 11) is 3.53. The van der Waals surface area contributed by atoms with Crippen molar-refractivity contribution in [3.63, 3.8) is 0 Å². The van der Waals surface area contributed by atoms with Crippen molar-refractivity contribution in [2.75, 3.05) is 45.2 Å². The van der Waals surface area contributed by atoms with Crippen molar-refractivity contribution in [1.29, 1.82) is 0 Å². The van der Waals surface area contributed by atoms with Crippen LogP contribution in [0, 0.1) is 5.92 Å². The summed E-state index contributed by atoms with van der Waals surface area (Å²) < 4.78 is 17.7. The quantitative estimate of drug-likeness (QED) is 0.232. The average molecular weight is 693 g/mol. The molecule has 2 aromatic heterocycles. The standard InChI is InChI=1S/C33H34ClN3O7.2ClH/c1-36-12-10-22(28(18-36)44-33(41)19-8-13-37(14-9-19)20-7-11-35-29(15-20)42-2)30-24(38)16-25(39)31-26(40)17-27(43-32(30)31)21-5-3-4-6-23(21)34;;/h3-7,11,15-17,19,22,28,38-39H,8-10,12-14,18H2,1-2H3;2*1H/t22-,28+;;/m0../s1. The maximum absolute atomic E-state index is 13.5. The van der Waals surface area contributed by atoms with Crippen molar-refractivity contribution in [2.24, 2.45) is 5.92 Å². The van der Waals surface area contributed by atoms with Crippen molar-refractivity contribution in [3.8, 4) is 28.7 Å². The molecule has 0 amide bonds. The first-order valence-electron chi connectivity index (χ1n) is 14.6. The van der Waals surface area contributed by atoms with Crippen LogP contribution in [-0.2, 0) is 9.53 Å². The van der Waals surface area contributed by atoms with Crippen LogP contribution in [0.1, 0.15) is 30.7 Å². The van der Waals surface area contributed by atoms with Gasteiger partial charge >= 0.3 is 5.97 Å². The zero-order valence-electron chi connectivity index (χ0n) is 25.3. The van der Waals surface area contributed by atoms with Gasteiger partial charge in [0, 0.05) is 66.8 Å². The molecule has 2 saturated heterocycles. The number of ether oxygens (including phenoxy) is 2. The van der Waals surface area contributed by atoms with E-state index in [-0.39, 0.29) is 64.9 Å². The van der Waals surface area contributed by atoms with Gasteiger partial charge in [-0.3, -0.25) is 9.59 Å². The molecule has 6 rings (SSSR count). The van der Waals surface area contributed by atoms with Gasteiger partial charge in [-0.2, -0.15) is 0 Å². The number of phenolic OH excluding ortho intramolecular Hbond substituents is 2. The molecule has 246 valence electrons. The van der Waals surface area contributed by atoms with Gasteiger partial charge in [-0.05, 0) is 51.1 Å². The predicted molar refractivity (Wildman–Crippen MR) is 181 cm³/mol. The summed E-state index contributed by atoms with van der Waals surface area (Å²) in [6.45, 7) is 2.46. The summed E-state index contributed by atoms with van der Waals surface area (Å²) in [6, 6.07) is 13.2. The third kappa shape index (κ3) is 7.00. The number of hydrogen-bond donors (Lipinski definition) is 2. The molecule has 0 unspecified atom stereocenters. The van der Waals surface area contributed by atoms with Crippen LogP contribution >= 0.6 is 36.4 Å². The molecule has 2 aliphatic rings. The molecule has 4 aromatic rings. The van der Waals surface area contributed by atoms with E-state index in [0.29, 0.717) is 67.5 Å². The summed E-state index contributed by atoms with van der Waals surface area (Å²) >= 11 is 6.41. The van der Waals surface area contributed by atoms with Gasteiger partial charge in [-0.15, -0.1) is 24.8 Å². The number of carbonyl (C=O) groups excluding carboxylic acids is 1. The molecular weight excluding hydrogens is 657 g/mol. The number of carbonyl (C=O) groups is 1. The number of likely N-dealkylation sites (N-methyl/N-ethyl adjacent to an activating group) is 1. The first-order valence-corrected chi connectivity index (χ1v) is 15.0. The number of pyridine rings is 1. The molecule has 2 fully saturated rings. The van der Waals surface area contributed by atoms with Crippen molar-refractivity contribution in [3.05, 3.63) is 75.5 Å². The van der Waals surface area contributed by atoms with Gasteiger partial charge in [0.2, 0.25) is 5.88 Å². The number of nitrogens with zero attached hydrogens (tertiary/aromatic N) is 3. The molecule has 0 aliphatic carbocycles. The second kappa shape index (κ2) is 14.8. The third-order valence-corrected chi connectivity index (χ3v) is 8.99. The SMILES string of the molecule is COc1cc(N2CCC(C(=O)O[C@@H]3CN(C)CC[C@@H]3c3c(O)cc(O)c4c(=O)cc(-c5ccccc5Cl)oc34)CC2)ccn1.Cl.Cl. The molecule has 0 bridgehead atoms. The lowest BCUT2D eigenvalue weighted by Crippen LogP contribution is -2.45. The number of rotatable bonds is 6. The Kier molecular flexibility index (Phi) is 11.3. The highest BCUT2D eigenvalue weighted by atomic mass is 35.5. The number of piperidine rings is 2. The number of fused-ring (bicyclic) bond motifs is 1.